The minimum atomic E-state index is -3.28. The zero-order chi connectivity index (χ0) is 25.8. The number of hydrogen-bond donors (Lipinski definition) is 1. The van der Waals surface area contributed by atoms with Gasteiger partial charge in [-0.05, 0) is 66.9 Å². The van der Waals surface area contributed by atoms with Gasteiger partial charge in [-0.15, -0.1) is 0 Å². The van der Waals surface area contributed by atoms with Crippen molar-refractivity contribution in [1.82, 2.24) is 4.90 Å². The fourth-order valence-corrected chi connectivity index (χ4v) is 4.39. The standard InChI is InChI=1S/C27H26ClF3N2O2/c1-4-6-18(7-5-2)19-10-20(12-23(29)11-19)26(35)33-15-21(14-27(30,31)16-33)25(34)32-24-9-17(3)8-22(28)13-24/h4-13,21H,1,14-16H2,2-3H3,(H,32,34)/b7-5-,18-6+. The van der Waals surface area contributed by atoms with Gasteiger partial charge in [-0.3, -0.25) is 9.59 Å². The van der Waals surface area contributed by atoms with Gasteiger partial charge < -0.3 is 10.2 Å². The van der Waals surface area contributed by atoms with E-state index in [2.05, 4.69) is 11.9 Å². The molecule has 1 aliphatic rings. The molecule has 0 bridgehead atoms. The van der Waals surface area contributed by atoms with Crippen LogP contribution in [0.25, 0.3) is 5.57 Å². The second kappa shape index (κ2) is 11.0. The van der Waals surface area contributed by atoms with Gasteiger partial charge in [0.2, 0.25) is 5.91 Å². The van der Waals surface area contributed by atoms with Crippen LogP contribution in [0.3, 0.4) is 0 Å². The first-order valence-corrected chi connectivity index (χ1v) is 11.4. The Labute approximate surface area is 207 Å². The number of aryl methyl sites for hydroxylation is 1. The molecule has 0 saturated carbocycles. The monoisotopic (exact) mass is 502 g/mol. The van der Waals surface area contributed by atoms with E-state index in [9.17, 15) is 22.8 Å². The van der Waals surface area contributed by atoms with Crippen LogP contribution < -0.4 is 5.32 Å². The van der Waals surface area contributed by atoms with Crippen LogP contribution in [-0.4, -0.2) is 35.7 Å². The average molecular weight is 503 g/mol. The molecular formula is C27H26ClF3N2O2. The fraction of sp³-hybridized carbons (Fsp3) is 0.259. The molecule has 1 fully saturated rings. The first-order chi connectivity index (χ1) is 16.5. The number of halogens is 4. The van der Waals surface area contributed by atoms with Gasteiger partial charge in [0.15, 0.2) is 0 Å². The number of benzene rings is 2. The average Bonchev–Trinajstić information content (AvgIpc) is 2.76. The number of nitrogens with zero attached hydrogens (tertiary/aromatic N) is 1. The molecule has 4 nitrogen and oxygen atoms in total. The van der Waals surface area contributed by atoms with Crippen molar-refractivity contribution in [2.75, 3.05) is 18.4 Å². The second-order valence-corrected chi connectivity index (χ2v) is 8.97. The zero-order valence-electron chi connectivity index (χ0n) is 19.5. The Balaban J connectivity index is 1.86. The van der Waals surface area contributed by atoms with Gasteiger partial charge in [0, 0.05) is 29.2 Å². The number of carbonyl (C=O) groups is 2. The maximum atomic E-state index is 14.6. The number of anilines is 1. The van der Waals surface area contributed by atoms with Crippen LogP contribution >= 0.6 is 11.6 Å². The first kappa shape index (κ1) is 26.3. The lowest BCUT2D eigenvalue weighted by Crippen LogP contribution is -2.52. The SMILES string of the molecule is C=C/C=C(\C=C/C)c1cc(F)cc(C(=O)N2CC(C(=O)Nc3cc(C)cc(Cl)c3)CC(F)(F)C2)c1. The molecular weight excluding hydrogens is 477 g/mol. The van der Waals surface area contributed by atoms with E-state index in [1.165, 1.54) is 24.3 Å². The summed E-state index contributed by atoms with van der Waals surface area (Å²) in [5.74, 6) is -6.54. The molecule has 0 aromatic heterocycles. The lowest BCUT2D eigenvalue weighted by molar-refractivity contribution is -0.130. The maximum Gasteiger partial charge on any atom is 0.266 e. The first-order valence-electron chi connectivity index (χ1n) is 11.0. The molecule has 1 saturated heterocycles. The van der Waals surface area contributed by atoms with Crippen molar-refractivity contribution in [3.63, 3.8) is 0 Å². The molecule has 1 aliphatic heterocycles. The predicted octanol–water partition coefficient (Wildman–Crippen LogP) is 6.67. The number of rotatable bonds is 6. The third-order valence-electron chi connectivity index (χ3n) is 5.50. The van der Waals surface area contributed by atoms with Crippen LogP contribution in [0.1, 0.15) is 34.8 Å². The maximum absolute atomic E-state index is 14.6. The highest BCUT2D eigenvalue weighted by Gasteiger charge is 2.44. The van der Waals surface area contributed by atoms with E-state index >= 15 is 0 Å². The highest BCUT2D eigenvalue weighted by Crippen LogP contribution is 2.33. The van der Waals surface area contributed by atoms with E-state index in [-0.39, 0.29) is 12.1 Å². The summed E-state index contributed by atoms with van der Waals surface area (Å²) in [6.45, 7) is 6.12. The Morgan fingerprint density at radius 2 is 1.89 bits per heavy atom. The van der Waals surface area contributed by atoms with Gasteiger partial charge in [-0.2, -0.15) is 0 Å². The largest absolute Gasteiger partial charge is 0.332 e. The molecule has 1 heterocycles. The Morgan fingerprint density at radius 3 is 2.54 bits per heavy atom. The van der Waals surface area contributed by atoms with Crippen molar-refractivity contribution in [3.05, 3.63) is 94.8 Å². The number of piperidine rings is 1. The van der Waals surface area contributed by atoms with Crippen molar-refractivity contribution in [2.24, 2.45) is 5.92 Å². The summed E-state index contributed by atoms with van der Waals surface area (Å²) >= 11 is 6.02. The van der Waals surface area contributed by atoms with Crippen LogP contribution in [0.4, 0.5) is 18.9 Å². The molecule has 2 amide bonds. The Morgan fingerprint density at radius 1 is 1.17 bits per heavy atom. The summed E-state index contributed by atoms with van der Waals surface area (Å²) in [6.07, 6.45) is 5.94. The molecule has 0 spiro atoms. The van der Waals surface area contributed by atoms with Gasteiger partial charge in [0.1, 0.15) is 5.82 Å². The summed E-state index contributed by atoms with van der Waals surface area (Å²) in [6, 6.07) is 8.58. The summed E-state index contributed by atoms with van der Waals surface area (Å²) in [4.78, 5) is 26.9. The lowest BCUT2D eigenvalue weighted by Gasteiger charge is -2.37. The van der Waals surface area contributed by atoms with Crippen LogP contribution in [0, 0.1) is 18.7 Å². The molecule has 1 N–H and O–H groups in total. The molecule has 8 heteroatoms. The van der Waals surface area contributed by atoms with Crippen LogP contribution in [0.15, 0.2) is 67.3 Å². The Bertz CT molecular complexity index is 1190. The molecule has 3 rings (SSSR count). The van der Waals surface area contributed by atoms with Gasteiger partial charge in [-0.1, -0.05) is 42.5 Å². The Kier molecular flexibility index (Phi) is 8.22. The number of hydrogen-bond acceptors (Lipinski definition) is 2. The number of likely N-dealkylation sites (tertiary alicyclic amines) is 1. The number of carbonyl (C=O) groups excluding carboxylic acids is 2. The summed E-state index contributed by atoms with van der Waals surface area (Å²) in [5, 5.41) is 3.01. The molecule has 184 valence electrons. The van der Waals surface area contributed by atoms with Crippen molar-refractivity contribution in [2.45, 2.75) is 26.2 Å². The van der Waals surface area contributed by atoms with Crippen LogP contribution in [0.5, 0.6) is 0 Å². The number of alkyl halides is 2. The van der Waals surface area contributed by atoms with E-state index in [1.807, 2.05) is 0 Å². The predicted molar refractivity (Wildman–Crippen MR) is 133 cm³/mol. The highest BCUT2D eigenvalue weighted by atomic mass is 35.5. The van der Waals surface area contributed by atoms with Crippen molar-refractivity contribution in [1.29, 1.82) is 0 Å². The molecule has 1 atom stereocenters. The van der Waals surface area contributed by atoms with Gasteiger partial charge in [0.05, 0.1) is 12.5 Å². The minimum Gasteiger partial charge on any atom is -0.332 e. The molecule has 2 aromatic rings. The van der Waals surface area contributed by atoms with E-state index in [1.54, 1.807) is 44.2 Å². The number of allylic oxidation sites excluding steroid dienone is 5. The Hall–Kier alpha value is -3.32. The van der Waals surface area contributed by atoms with E-state index < -0.39 is 42.4 Å². The number of nitrogens with one attached hydrogen (secondary N) is 1. The number of amides is 2. The third kappa shape index (κ3) is 6.85. The summed E-state index contributed by atoms with van der Waals surface area (Å²) in [7, 11) is 0. The van der Waals surface area contributed by atoms with Crippen molar-refractivity contribution >= 4 is 34.7 Å². The lowest BCUT2D eigenvalue weighted by atomic mass is 9.93. The topological polar surface area (TPSA) is 49.4 Å². The second-order valence-electron chi connectivity index (χ2n) is 8.54. The van der Waals surface area contributed by atoms with Crippen molar-refractivity contribution in [3.8, 4) is 0 Å². The summed E-state index contributed by atoms with van der Waals surface area (Å²) in [5.41, 5.74) is 2.10. The summed E-state index contributed by atoms with van der Waals surface area (Å²) < 4.78 is 43.6. The van der Waals surface area contributed by atoms with Gasteiger partial charge >= 0.3 is 0 Å². The molecule has 1 unspecified atom stereocenters. The van der Waals surface area contributed by atoms with Gasteiger partial charge in [-0.25, -0.2) is 13.2 Å². The smallest absolute Gasteiger partial charge is 0.266 e. The minimum absolute atomic E-state index is 0.0817. The molecule has 2 aromatic carbocycles. The molecule has 0 aliphatic carbocycles. The fourth-order valence-electron chi connectivity index (χ4n) is 4.10. The van der Waals surface area contributed by atoms with Crippen LogP contribution in [-0.2, 0) is 4.79 Å². The highest BCUT2D eigenvalue weighted by molar-refractivity contribution is 6.31. The third-order valence-corrected chi connectivity index (χ3v) is 5.72. The van der Waals surface area contributed by atoms with Gasteiger partial charge in [0.25, 0.3) is 11.8 Å². The quantitative estimate of drug-likeness (QED) is 0.448. The van der Waals surface area contributed by atoms with E-state index in [0.717, 1.165) is 16.5 Å². The normalized spacial score (nSPS) is 17.9. The van der Waals surface area contributed by atoms with E-state index in [0.29, 0.717) is 21.8 Å². The molecule has 0 radical (unpaired) electrons. The molecule has 35 heavy (non-hydrogen) atoms. The van der Waals surface area contributed by atoms with Crippen LogP contribution in [0.2, 0.25) is 5.02 Å². The van der Waals surface area contributed by atoms with E-state index in [4.69, 9.17) is 11.6 Å². The van der Waals surface area contributed by atoms with Crippen molar-refractivity contribution < 1.29 is 22.8 Å². The zero-order valence-corrected chi connectivity index (χ0v) is 20.2.